The molecule has 1 rings (SSSR count). The third kappa shape index (κ3) is 4.26. The van der Waals surface area contributed by atoms with Crippen molar-refractivity contribution in [3.05, 3.63) is 23.8 Å². The van der Waals surface area contributed by atoms with E-state index in [4.69, 9.17) is 4.74 Å². The van der Waals surface area contributed by atoms with Gasteiger partial charge >= 0.3 is 0 Å². The van der Waals surface area contributed by atoms with Crippen molar-refractivity contribution in [2.45, 2.75) is 26.7 Å². The van der Waals surface area contributed by atoms with Crippen LogP contribution in [0.4, 0.5) is 5.69 Å². The number of benzene rings is 1. The molecule has 1 aromatic rings. The van der Waals surface area contributed by atoms with Gasteiger partial charge in [-0.1, -0.05) is 19.4 Å². The molecule has 5 heteroatoms. The van der Waals surface area contributed by atoms with E-state index in [0.717, 1.165) is 12.0 Å². The zero-order valence-corrected chi connectivity index (χ0v) is 11.3. The molecule has 0 aliphatic heterocycles. The van der Waals surface area contributed by atoms with Crippen LogP contribution in [0.3, 0.4) is 0 Å². The van der Waals surface area contributed by atoms with Crippen molar-refractivity contribution in [3.63, 3.8) is 0 Å². The Bertz CT molecular complexity index is 469. The Balaban J connectivity index is 2.90. The molecule has 0 aliphatic carbocycles. The smallest absolute Gasteiger partial charge is 0.232 e. The molecule has 0 atom stereocenters. The maximum absolute atomic E-state index is 11.8. The van der Waals surface area contributed by atoms with Gasteiger partial charge in [-0.3, -0.25) is 4.72 Å². The highest BCUT2D eigenvalue weighted by molar-refractivity contribution is 7.92. The lowest BCUT2D eigenvalue weighted by molar-refractivity contribution is 0.417. The van der Waals surface area contributed by atoms with Crippen LogP contribution in [0.2, 0.25) is 0 Å². The number of rotatable bonds is 6. The fourth-order valence-corrected chi connectivity index (χ4v) is 2.72. The number of aryl methyl sites for hydroxylation is 1. The minimum atomic E-state index is -3.28. The van der Waals surface area contributed by atoms with Gasteiger partial charge < -0.3 is 4.74 Å². The number of hydrogen-bond donors (Lipinski definition) is 1. The number of sulfonamides is 1. The first-order valence-corrected chi connectivity index (χ1v) is 7.29. The van der Waals surface area contributed by atoms with Gasteiger partial charge in [-0.25, -0.2) is 8.42 Å². The van der Waals surface area contributed by atoms with Crippen LogP contribution in [0.25, 0.3) is 0 Å². The number of nitrogens with one attached hydrogen (secondary N) is 1. The Morgan fingerprint density at radius 2 is 2.06 bits per heavy atom. The lowest BCUT2D eigenvalue weighted by atomic mass is 10.2. The van der Waals surface area contributed by atoms with Crippen molar-refractivity contribution in [1.29, 1.82) is 0 Å². The molecule has 0 radical (unpaired) electrons. The SMILES string of the molecule is CCCCS(=O)(=O)Nc1cc(C)ccc1OC. The first-order chi connectivity index (χ1) is 7.98. The number of unbranched alkanes of at least 4 members (excludes halogenated alkanes) is 1. The van der Waals surface area contributed by atoms with Gasteiger partial charge in [0.1, 0.15) is 5.75 Å². The summed E-state index contributed by atoms with van der Waals surface area (Å²) in [7, 11) is -1.75. The topological polar surface area (TPSA) is 55.4 Å². The summed E-state index contributed by atoms with van der Waals surface area (Å²) >= 11 is 0. The van der Waals surface area contributed by atoms with E-state index in [1.807, 2.05) is 19.9 Å². The largest absolute Gasteiger partial charge is 0.495 e. The standard InChI is InChI=1S/C12H19NO3S/c1-4-5-8-17(14,15)13-11-9-10(2)6-7-12(11)16-3/h6-7,9,13H,4-5,8H2,1-3H3. The highest BCUT2D eigenvalue weighted by Gasteiger charge is 2.12. The molecule has 96 valence electrons. The minimum absolute atomic E-state index is 0.139. The quantitative estimate of drug-likeness (QED) is 0.852. The van der Waals surface area contributed by atoms with E-state index in [0.29, 0.717) is 17.9 Å². The minimum Gasteiger partial charge on any atom is -0.495 e. The maximum Gasteiger partial charge on any atom is 0.232 e. The average Bonchev–Trinajstić information content (AvgIpc) is 2.26. The second kappa shape index (κ2) is 5.91. The summed E-state index contributed by atoms with van der Waals surface area (Å²) in [5, 5.41) is 0. The molecular formula is C12H19NO3S. The van der Waals surface area contributed by atoms with Gasteiger partial charge in [-0.15, -0.1) is 0 Å². The van der Waals surface area contributed by atoms with Gasteiger partial charge in [-0.05, 0) is 31.0 Å². The van der Waals surface area contributed by atoms with E-state index >= 15 is 0 Å². The van der Waals surface area contributed by atoms with Crippen molar-refractivity contribution in [2.75, 3.05) is 17.6 Å². The summed E-state index contributed by atoms with van der Waals surface area (Å²) < 4.78 is 31.2. The predicted octanol–water partition coefficient (Wildman–Crippen LogP) is 2.55. The average molecular weight is 257 g/mol. The lowest BCUT2D eigenvalue weighted by Crippen LogP contribution is -2.17. The Hall–Kier alpha value is -1.23. The van der Waals surface area contributed by atoms with Crippen LogP contribution in [0.15, 0.2) is 18.2 Å². The van der Waals surface area contributed by atoms with Crippen LogP contribution in [0.5, 0.6) is 5.75 Å². The van der Waals surface area contributed by atoms with Gasteiger partial charge in [0, 0.05) is 0 Å². The van der Waals surface area contributed by atoms with Gasteiger partial charge in [-0.2, -0.15) is 0 Å². The number of methoxy groups -OCH3 is 1. The number of anilines is 1. The molecule has 0 spiro atoms. The molecule has 0 aliphatic rings. The van der Waals surface area contributed by atoms with Crippen LogP contribution in [0, 0.1) is 6.92 Å². The maximum atomic E-state index is 11.8. The van der Waals surface area contributed by atoms with E-state index in [2.05, 4.69) is 4.72 Å². The molecule has 17 heavy (non-hydrogen) atoms. The summed E-state index contributed by atoms with van der Waals surface area (Å²) in [6, 6.07) is 5.40. The van der Waals surface area contributed by atoms with Gasteiger partial charge in [0.05, 0.1) is 18.6 Å². The van der Waals surface area contributed by atoms with Gasteiger partial charge in [0.15, 0.2) is 0 Å². The highest BCUT2D eigenvalue weighted by atomic mass is 32.2. The van der Waals surface area contributed by atoms with Crippen molar-refractivity contribution in [1.82, 2.24) is 0 Å². The molecule has 0 bridgehead atoms. The number of hydrogen-bond acceptors (Lipinski definition) is 3. The van der Waals surface area contributed by atoms with Crippen LogP contribution in [0.1, 0.15) is 25.3 Å². The van der Waals surface area contributed by atoms with E-state index in [1.165, 1.54) is 7.11 Å². The molecule has 4 nitrogen and oxygen atoms in total. The van der Waals surface area contributed by atoms with Crippen molar-refractivity contribution >= 4 is 15.7 Å². The van der Waals surface area contributed by atoms with Crippen LogP contribution in [-0.2, 0) is 10.0 Å². The van der Waals surface area contributed by atoms with E-state index < -0.39 is 10.0 Å². The molecule has 1 N–H and O–H groups in total. The third-order valence-corrected chi connectivity index (χ3v) is 3.74. The van der Waals surface area contributed by atoms with Crippen LogP contribution < -0.4 is 9.46 Å². The van der Waals surface area contributed by atoms with E-state index in [9.17, 15) is 8.42 Å². The third-order valence-electron chi connectivity index (χ3n) is 2.39. The molecular weight excluding hydrogens is 238 g/mol. The van der Waals surface area contributed by atoms with Gasteiger partial charge in [0.25, 0.3) is 0 Å². The second-order valence-corrected chi connectivity index (χ2v) is 5.82. The van der Waals surface area contributed by atoms with Crippen molar-refractivity contribution in [3.8, 4) is 5.75 Å². The monoisotopic (exact) mass is 257 g/mol. The Kier molecular flexibility index (Phi) is 4.81. The van der Waals surface area contributed by atoms with E-state index in [-0.39, 0.29) is 5.75 Å². The van der Waals surface area contributed by atoms with Crippen LogP contribution >= 0.6 is 0 Å². The summed E-state index contributed by atoms with van der Waals surface area (Å²) in [4.78, 5) is 0. The summed E-state index contributed by atoms with van der Waals surface area (Å²) in [6.07, 6.45) is 1.51. The van der Waals surface area contributed by atoms with Crippen molar-refractivity contribution in [2.24, 2.45) is 0 Å². The zero-order chi connectivity index (χ0) is 12.9. The molecule has 1 aromatic carbocycles. The van der Waals surface area contributed by atoms with Crippen molar-refractivity contribution < 1.29 is 13.2 Å². The van der Waals surface area contributed by atoms with E-state index in [1.54, 1.807) is 12.1 Å². The summed E-state index contributed by atoms with van der Waals surface area (Å²) in [5.41, 5.74) is 1.49. The molecule has 0 unspecified atom stereocenters. The second-order valence-electron chi connectivity index (χ2n) is 3.98. The van der Waals surface area contributed by atoms with Crippen LogP contribution in [-0.4, -0.2) is 21.3 Å². The number of ether oxygens (including phenoxy) is 1. The lowest BCUT2D eigenvalue weighted by Gasteiger charge is -2.12. The first-order valence-electron chi connectivity index (χ1n) is 5.63. The predicted molar refractivity (Wildman–Crippen MR) is 70.0 cm³/mol. The molecule has 0 saturated carbocycles. The molecule has 0 aromatic heterocycles. The zero-order valence-electron chi connectivity index (χ0n) is 10.5. The molecule has 0 saturated heterocycles. The summed E-state index contributed by atoms with van der Waals surface area (Å²) in [6.45, 7) is 3.87. The normalized spacial score (nSPS) is 11.2. The molecule has 0 amide bonds. The summed E-state index contributed by atoms with van der Waals surface area (Å²) in [5.74, 6) is 0.677. The Morgan fingerprint density at radius 3 is 2.65 bits per heavy atom. The fraction of sp³-hybridized carbons (Fsp3) is 0.500. The fourth-order valence-electron chi connectivity index (χ4n) is 1.45. The molecule has 0 fully saturated rings. The highest BCUT2D eigenvalue weighted by Crippen LogP contribution is 2.26. The van der Waals surface area contributed by atoms with Gasteiger partial charge in [0.2, 0.25) is 10.0 Å². The Morgan fingerprint density at radius 1 is 1.35 bits per heavy atom. The Labute approximate surface area is 103 Å². The first kappa shape index (κ1) is 13.8. The molecule has 0 heterocycles.